The van der Waals surface area contributed by atoms with Crippen LogP contribution in [0.2, 0.25) is 0 Å². The Morgan fingerprint density at radius 3 is 2.50 bits per heavy atom. The van der Waals surface area contributed by atoms with E-state index in [1.165, 1.54) is 5.56 Å². The average Bonchev–Trinajstić information content (AvgIpc) is 3.24. The molecule has 1 N–H and O–H groups in total. The number of nitrogens with zero attached hydrogens (tertiary/aromatic N) is 3. The number of hydrogen-bond donors (Lipinski definition) is 1. The van der Waals surface area contributed by atoms with Crippen LogP contribution in [0.4, 0.5) is 5.82 Å². The normalized spacial score (nSPS) is 17.9. The van der Waals surface area contributed by atoms with Crippen LogP contribution < -0.4 is 10.1 Å². The Hall–Kier alpha value is -3.61. The third-order valence-corrected chi connectivity index (χ3v) is 6.33. The van der Waals surface area contributed by atoms with Gasteiger partial charge >= 0.3 is 0 Å². The monoisotopic (exact) mass is 460 g/mol. The molecule has 0 radical (unpaired) electrons. The Morgan fingerprint density at radius 2 is 1.79 bits per heavy atom. The van der Waals surface area contributed by atoms with Gasteiger partial charge in [0.15, 0.2) is 6.61 Å². The van der Waals surface area contributed by atoms with Crippen LogP contribution >= 0.6 is 0 Å². The molecule has 7 heteroatoms. The number of carbonyl (C=O) groups is 2. The molecule has 2 aromatic carbocycles. The third kappa shape index (κ3) is 5.65. The molecule has 0 bridgehead atoms. The fraction of sp³-hybridized carbons (Fsp3) is 0.370. The third-order valence-electron chi connectivity index (χ3n) is 6.33. The van der Waals surface area contributed by atoms with Gasteiger partial charge in [-0.1, -0.05) is 29.8 Å². The molecule has 178 valence electrons. The van der Waals surface area contributed by atoms with E-state index in [0.717, 1.165) is 24.8 Å². The molecule has 2 atom stereocenters. The molecule has 0 saturated carbocycles. The van der Waals surface area contributed by atoms with Gasteiger partial charge in [0.25, 0.3) is 11.8 Å². The Balaban J connectivity index is 1.33. The summed E-state index contributed by atoms with van der Waals surface area (Å²) in [6.45, 7) is 6.80. The molecule has 2 amide bonds. The highest BCUT2D eigenvalue weighted by atomic mass is 16.5. The molecular formula is C27H32N4O3. The highest BCUT2D eigenvalue weighted by Crippen LogP contribution is 2.23. The molecule has 34 heavy (non-hydrogen) atoms. The summed E-state index contributed by atoms with van der Waals surface area (Å²) in [5, 5.41) is 7.26. The predicted molar refractivity (Wildman–Crippen MR) is 132 cm³/mol. The van der Waals surface area contributed by atoms with Crippen molar-refractivity contribution < 1.29 is 14.3 Å². The zero-order valence-electron chi connectivity index (χ0n) is 20.0. The molecule has 3 aromatic rings. The fourth-order valence-corrected chi connectivity index (χ4v) is 4.57. The number of hydrogen-bond acceptors (Lipinski definition) is 4. The number of nitrogens with one attached hydrogen (secondary N) is 1. The van der Waals surface area contributed by atoms with Crippen molar-refractivity contribution in [3.05, 3.63) is 77.5 Å². The van der Waals surface area contributed by atoms with Crippen LogP contribution in [0, 0.1) is 6.92 Å². The Kier molecular flexibility index (Phi) is 7.30. The topological polar surface area (TPSA) is 76.5 Å². The molecule has 1 aliphatic heterocycles. The van der Waals surface area contributed by atoms with Gasteiger partial charge in [0, 0.05) is 23.7 Å². The minimum atomic E-state index is -0.232. The van der Waals surface area contributed by atoms with E-state index in [1.807, 2.05) is 30.0 Å². The highest BCUT2D eigenvalue weighted by Gasteiger charge is 2.29. The first-order valence-electron chi connectivity index (χ1n) is 11.8. The van der Waals surface area contributed by atoms with E-state index in [0.29, 0.717) is 23.7 Å². The first-order chi connectivity index (χ1) is 16.4. The maximum absolute atomic E-state index is 12.8. The van der Waals surface area contributed by atoms with E-state index in [-0.39, 0.29) is 30.5 Å². The van der Waals surface area contributed by atoms with E-state index >= 15 is 0 Å². The molecule has 1 fully saturated rings. The smallest absolute Gasteiger partial charge is 0.260 e. The lowest BCUT2D eigenvalue weighted by Crippen LogP contribution is -2.49. The number of aryl methyl sites for hydroxylation is 1. The number of rotatable bonds is 7. The van der Waals surface area contributed by atoms with E-state index in [2.05, 4.69) is 30.3 Å². The van der Waals surface area contributed by atoms with Crippen LogP contribution in [-0.4, -0.2) is 45.2 Å². The number of carbonyl (C=O) groups excluding carboxylic acids is 2. The van der Waals surface area contributed by atoms with Gasteiger partial charge in [0.05, 0.1) is 12.7 Å². The van der Waals surface area contributed by atoms with Crippen LogP contribution in [0.1, 0.15) is 54.6 Å². The van der Waals surface area contributed by atoms with Gasteiger partial charge in [0.2, 0.25) is 0 Å². The molecule has 4 rings (SSSR count). The van der Waals surface area contributed by atoms with Crippen molar-refractivity contribution in [1.29, 1.82) is 0 Å². The second kappa shape index (κ2) is 10.5. The number of likely N-dealkylation sites (tertiary alicyclic amines) is 1. The van der Waals surface area contributed by atoms with E-state index in [1.54, 1.807) is 41.2 Å². The van der Waals surface area contributed by atoms with Crippen LogP contribution in [0.15, 0.2) is 60.8 Å². The number of ether oxygens (including phenoxy) is 1. The fourth-order valence-electron chi connectivity index (χ4n) is 4.57. The van der Waals surface area contributed by atoms with Crippen LogP contribution in [0.5, 0.6) is 5.75 Å². The van der Waals surface area contributed by atoms with Crippen molar-refractivity contribution in [3.8, 4) is 5.75 Å². The van der Waals surface area contributed by atoms with Crippen molar-refractivity contribution in [2.75, 3.05) is 11.9 Å². The molecule has 0 spiro atoms. The number of anilines is 1. The maximum Gasteiger partial charge on any atom is 0.260 e. The zero-order valence-corrected chi connectivity index (χ0v) is 20.0. The van der Waals surface area contributed by atoms with Crippen LogP contribution in [0.25, 0.3) is 0 Å². The molecule has 2 unspecified atom stereocenters. The summed E-state index contributed by atoms with van der Waals surface area (Å²) in [5.74, 6) is 0.960. The van der Waals surface area contributed by atoms with Crippen molar-refractivity contribution >= 4 is 17.6 Å². The molecule has 0 aliphatic carbocycles. The van der Waals surface area contributed by atoms with Gasteiger partial charge in [-0.15, -0.1) is 0 Å². The standard InChI is InChI=1S/C27H32N4O3/c1-19-6-4-9-22(16-19)17-30-25(14-15-28-30)29-27(33)23-10-12-24(13-11-23)34-18-26(32)31-20(2)7-5-8-21(31)3/h4,6,9-16,20-21H,5,7-8,17-18H2,1-3H3,(H,29,33). The highest BCUT2D eigenvalue weighted by molar-refractivity contribution is 6.03. The lowest BCUT2D eigenvalue weighted by atomic mass is 9.97. The van der Waals surface area contributed by atoms with E-state index < -0.39 is 0 Å². The van der Waals surface area contributed by atoms with Crippen molar-refractivity contribution in [2.24, 2.45) is 0 Å². The summed E-state index contributed by atoms with van der Waals surface area (Å²) >= 11 is 0. The van der Waals surface area contributed by atoms with Crippen molar-refractivity contribution in [2.45, 2.75) is 58.7 Å². The first-order valence-corrected chi connectivity index (χ1v) is 11.8. The zero-order chi connectivity index (χ0) is 24.1. The number of aromatic nitrogens is 2. The van der Waals surface area contributed by atoms with E-state index in [4.69, 9.17) is 4.74 Å². The second-order valence-electron chi connectivity index (χ2n) is 9.06. The van der Waals surface area contributed by atoms with Gasteiger partial charge in [-0.2, -0.15) is 5.10 Å². The number of piperidine rings is 1. The van der Waals surface area contributed by atoms with Gasteiger partial charge in [-0.3, -0.25) is 9.59 Å². The molecule has 1 aromatic heterocycles. The SMILES string of the molecule is Cc1cccc(Cn2nccc2NC(=O)c2ccc(OCC(=O)N3C(C)CCCC3C)cc2)c1. The summed E-state index contributed by atoms with van der Waals surface area (Å²) in [4.78, 5) is 27.4. The lowest BCUT2D eigenvalue weighted by Gasteiger charge is -2.38. The molecule has 1 aliphatic rings. The summed E-state index contributed by atoms with van der Waals surface area (Å²) in [7, 11) is 0. The van der Waals surface area contributed by atoms with E-state index in [9.17, 15) is 9.59 Å². The Labute approximate surface area is 200 Å². The first kappa shape index (κ1) is 23.5. The Bertz CT molecular complexity index is 1130. The largest absolute Gasteiger partial charge is 0.484 e. The summed E-state index contributed by atoms with van der Waals surface area (Å²) < 4.78 is 7.48. The molecular weight excluding hydrogens is 428 g/mol. The van der Waals surface area contributed by atoms with Gasteiger partial charge < -0.3 is 15.0 Å². The van der Waals surface area contributed by atoms with Gasteiger partial charge in [-0.05, 0) is 69.9 Å². The summed E-state index contributed by atoms with van der Waals surface area (Å²) in [6.07, 6.45) is 4.89. The second-order valence-corrected chi connectivity index (χ2v) is 9.06. The lowest BCUT2D eigenvalue weighted by molar-refractivity contribution is -0.139. The maximum atomic E-state index is 12.8. The molecule has 1 saturated heterocycles. The van der Waals surface area contributed by atoms with Gasteiger partial charge in [0.1, 0.15) is 11.6 Å². The average molecular weight is 461 g/mol. The molecule has 2 heterocycles. The minimum Gasteiger partial charge on any atom is -0.484 e. The Morgan fingerprint density at radius 1 is 1.06 bits per heavy atom. The number of benzene rings is 2. The molecule has 7 nitrogen and oxygen atoms in total. The predicted octanol–water partition coefficient (Wildman–Crippen LogP) is 4.66. The number of amides is 2. The van der Waals surface area contributed by atoms with Crippen LogP contribution in [-0.2, 0) is 11.3 Å². The van der Waals surface area contributed by atoms with Crippen molar-refractivity contribution in [1.82, 2.24) is 14.7 Å². The quantitative estimate of drug-likeness (QED) is 0.556. The van der Waals surface area contributed by atoms with Crippen LogP contribution in [0.3, 0.4) is 0 Å². The summed E-state index contributed by atoms with van der Waals surface area (Å²) in [5.41, 5.74) is 2.79. The van der Waals surface area contributed by atoms with Gasteiger partial charge in [-0.25, -0.2) is 4.68 Å². The minimum absolute atomic E-state index is 0.00162. The van der Waals surface area contributed by atoms with Crippen molar-refractivity contribution in [3.63, 3.8) is 0 Å². The summed E-state index contributed by atoms with van der Waals surface area (Å²) in [6, 6.07) is 17.3.